The van der Waals surface area contributed by atoms with E-state index in [2.05, 4.69) is 20.5 Å². The molecule has 0 aliphatic carbocycles. The predicted molar refractivity (Wildman–Crippen MR) is 121 cm³/mol. The molecule has 148 valence electrons. The van der Waals surface area contributed by atoms with E-state index in [9.17, 15) is 5.11 Å². The number of nitrogens with two attached hydrogens (primary N) is 1. The Hall–Kier alpha value is -4.06. The number of aromatic hydroxyl groups is 1. The van der Waals surface area contributed by atoms with Crippen LogP contribution in [-0.4, -0.2) is 5.11 Å². The molecule has 0 saturated carbocycles. The van der Waals surface area contributed by atoms with E-state index in [1.807, 2.05) is 86.6 Å². The molecule has 0 atom stereocenters. The standard InChI is InChI=1S/C24H21N5O/c1-15-13-17-14-16(2)23(29-27-19-11-7-4-8-12-19)24(30)20(17)21(25)22(15)28-26-18-9-5-3-6-10-18/h3-14,30H,25H2,1-2H3/b28-26+,29-27+. The maximum atomic E-state index is 11.0. The summed E-state index contributed by atoms with van der Waals surface area (Å²) in [5, 5.41) is 29.4. The summed E-state index contributed by atoms with van der Waals surface area (Å²) in [4.78, 5) is 0. The maximum absolute atomic E-state index is 11.0. The lowest BCUT2D eigenvalue weighted by atomic mass is 9.99. The summed E-state index contributed by atoms with van der Waals surface area (Å²) in [6.07, 6.45) is 0. The van der Waals surface area contributed by atoms with E-state index in [0.717, 1.165) is 22.2 Å². The van der Waals surface area contributed by atoms with Crippen molar-refractivity contribution in [2.45, 2.75) is 13.8 Å². The van der Waals surface area contributed by atoms with Gasteiger partial charge in [-0.3, -0.25) is 0 Å². The molecule has 3 N–H and O–H groups in total. The van der Waals surface area contributed by atoms with Gasteiger partial charge < -0.3 is 10.8 Å². The van der Waals surface area contributed by atoms with E-state index in [1.54, 1.807) is 0 Å². The number of azo groups is 2. The zero-order valence-corrected chi connectivity index (χ0v) is 16.7. The highest BCUT2D eigenvalue weighted by molar-refractivity contribution is 6.06. The normalized spacial score (nSPS) is 11.7. The van der Waals surface area contributed by atoms with Crippen molar-refractivity contribution >= 4 is 39.2 Å². The SMILES string of the molecule is Cc1cc2cc(C)c(/N=N/c3ccccc3)c(O)c2c(N)c1/N=N/c1ccccc1. The van der Waals surface area contributed by atoms with Crippen molar-refractivity contribution < 1.29 is 5.11 Å². The van der Waals surface area contributed by atoms with Crippen LogP contribution in [0.1, 0.15) is 11.1 Å². The average Bonchev–Trinajstić information content (AvgIpc) is 2.74. The quantitative estimate of drug-likeness (QED) is 0.275. The summed E-state index contributed by atoms with van der Waals surface area (Å²) < 4.78 is 0. The summed E-state index contributed by atoms with van der Waals surface area (Å²) in [5.41, 5.74) is 10.8. The maximum Gasteiger partial charge on any atom is 0.153 e. The summed E-state index contributed by atoms with van der Waals surface area (Å²) in [7, 11) is 0. The van der Waals surface area contributed by atoms with Gasteiger partial charge in [0.25, 0.3) is 0 Å². The molecular formula is C24H21N5O. The molecule has 0 spiro atoms. The third kappa shape index (κ3) is 3.75. The van der Waals surface area contributed by atoms with Crippen LogP contribution in [0.15, 0.2) is 93.3 Å². The van der Waals surface area contributed by atoms with Gasteiger partial charge in [-0.2, -0.15) is 10.2 Å². The molecule has 0 saturated heterocycles. The molecule has 6 nitrogen and oxygen atoms in total. The Kier molecular flexibility index (Phi) is 5.22. The molecule has 4 rings (SSSR count). The summed E-state index contributed by atoms with van der Waals surface area (Å²) in [5.74, 6) is -0.0154. The van der Waals surface area contributed by atoms with Crippen LogP contribution in [0.5, 0.6) is 5.75 Å². The minimum absolute atomic E-state index is 0.0154. The Bertz CT molecular complexity index is 1170. The zero-order chi connectivity index (χ0) is 21.1. The monoisotopic (exact) mass is 395 g/mol. The van der Waals surface area contributed by atoms with Crippen molar-refractivity contribution in [2.24, 2.45) is 20.5 Å². The fraction of sp³-hybridized carbons (Fsp3) is 0.0833. The third-order valence-electron chi connectivity index (χ3n) is 4.81. The molecule has 0 aromatic heterocycles. The first-order valence-electron chi connectivity index (χ1n) is 9.53. The number of phenolic OH excluding ortho intramolecular Hbond substituents is 1. The van der Waals surface area contributed by atoms with Crippen LogP contribution in [0.3, 0.4) is 0 Å². The summed E-state index contributed by atoms with van der Waals surface area (Å²) in [6.45, 7) is 3.80. The zero-order valence-electron chi connectivity index (χ0n) is 16.7. The largest absolute Gasteiger partial charge is 0.505 e. The van der Waals surface area contributed by atoms with E-state index in [4.69, 9.17) is 5.73 Å². The number of anilines is 1. The van der Waals surface area contributed by atoms with Gasteiger partial charge >= 0.3 is 0 Å². The van der Waals surface area contributed by atoms with Gasteiger partial charge in [0, 0.05) is 0 Å². The van der Waals surface area contributed by atoms with E-state index in [-0.39, 0.29) is 5.75 Å². The Morgan fingerprint density at radius 3 is 1.67 bits per heavy atom. The highest BCUT2D eigenvalue weighted by Gasteiger charge is 2.17. The number of benzene rings is 4. The Labute approximate surface area is 174 Å². The number of phenols is 1. The van der Waals surface area contributed by atoms with Gasteiger partial charge in [0.15, 0.2) is 5.75 Å². The van der Waals surface area contributed by atoms with Crippen LogP contribution >= 0.6 is 0 Å². The van der Waals surface area contributed by atoms with Crippen molar-refractivity contribution in [3.63, 3.8) is 0 Å². The molecule has 4 aromatic rings. The first-order chi connectivity index (χ1) is 14.5. The lowest BCUT2D eigenvalue weighted by Gasteiger charge is -2.13. The second-order valence-corrected chi connectivity index (χ2v) is 7.02. The molecule has 0 bridgehead atoms. The molecule has 30 heavy (non-hydrogen) atoms. The van der Waals surface area contributed by atoms with E-state index in [1.165, 1.54) is 0 Å². The first-order valence-corrected chi connectivity index (χ1v) is 9.53. The van der Waals surface area contributed by atoms with Gasteiger partial charge in [-0.1, -0.05) is 36.4 Å². The molecular weight excluding hydrogens is 374 g/mol. The lowest BCUT2D eigenvalue weighted by molar-refractivity contribution is 0.482. The number of aryl methyl sites for hydroxylation is 2. The number of nitrogens with zero attached hydrogens (tertiary/aromatic N) is 4. The van der Waals surface area contributed by atoms with Crippen LogP contribution in [0.25, 0.3) is 10.8 Å². The second-order valence-electron chi connectivity index (χ2n) is 7.02. The molecule has 0 fully saturated rings. The molecule has 0 aliphatic heterocycles. The molecule has 4 aromatic carbocycles. The van der Waals surface area contributed by atoms with Gasteiger partial charge in [-0.25, -0.2) is 0 Å². The van der Waals surface area contributed by atoms with E-state index in [0.29, 0.717) is 28.1 Å². The van der Waals surface area contributed by atoms with Gasteiger partial charge in [-0.15, -0.1) is 10.2 Å². The van der Waals surface area contributed by atoms with Crippen molar-refractivity contribution in [1.29, 1.82) is 0 Å². The van der Waals surface area contributed by atoms with Crippen LogP contribution < -0.4 is 5.73 Å². The molecule has 0 amide bonds. The molecule has 0 radical (unpaired) electrons. The highest BCUT2D eigenvalue weighted by Crippen LogP contribution is 2.45. The van der Waals surface area contributed by atoms with Crippen molar-refractivity contribution in [2.75, 3.05) is 5.73 Å². The van der Waals surface area contributed by atoms with Gasteiger partial charge in [-0.05, 0) is 66.8 Å². The smallest absolute Gasteiger partial charge is 0.153 e. The van der Waals surface area contributed by atoms with Crippen molar-refractivity contribution in [3.05, 3.63) is 83.9 Å². The molecule has 0 aliphatic rings. The van der Waals surface area contributed by atoms with Crippen LogP contribution in [0.4, 0.5) is 28.4 Å². The topological polar surface area (TPSA) is 95.7 Å². The Morgan fingerprint density at radius 1 is 0.667 bits per heavy atom. The predicted octanol–water partition coefficient (Wildman–Crippen LogP) is 7.58. The minimum atomic E-state index is -0.0154. The fourth-order valence-corrected chi connectivity index (χ4v) is 3.31. The number of hydrogen-bond acceptors (Lipinski definition) is 6. The first kappa shape index (κ1) is 19.3. The Balaban J connectivity index is 1.83. The van der Waals surface area contributed by atoms with Crippen LogP contribution in [0, 0.1) is 13.8 Å². The molecule has 6 heteroatoms. The van der Waals surface area contributed by atoms with Gasteiger partial charge in [0.2, 0.25) is 0 Å². The Morgan fingerprint density at radius 2 is 1.13 bits per heavy atom. The van der Waals surface area contributed by atoms with Crippen LogP contribution in [-0.2, 0) is 0 Å². The van der Waals surface area contributed by atoms with Crippen molar-refractivity contribution in [1.82, 2.24) is 0 Å². The number of fused-ring (bicyclic) bond motifs is 1. The fourth-order valence-electron chi connectivity index (χ4n) is 3.31. The summed E-state index contributed by atoms with van der Waals surface area (Å²) in [6, 6.07) is 22.7. The van der Waals surface area contributed by atoms with Crippen LogP contribution in [0.2, 0.25) is 0 Å². The van der Waals surface area contributed by atoms with Gasteiger partial charge in [0.05, 0.1) is 22.4 Å². The second kappa shape index (κ2) is 8.13. The summed E-state index contributed by atoms with van der Waals surface area (Å²) >= 11 is 0. The van der Waals surface area contributed by atoms with Gasteiger partial charge in [0.1, 0.15) is 11.4 Å². The average molecular weight is 395 g/mol. The number of hydrogen-bond donors (Lipinski definition) is 2. The van der Waals surface area contributed by atoms with E-state index >= 15 is 0 Å². The number of rotatable bonds is 4. The minimum Gasteiger partial charge on any atom is -0.505 e. The molecule has 0 unspecified atom stereocenters. The van der Waals surface area contributed by atoms with Crippen molar-refractivity contribution in [3.8, 4) is 5.75 Å². The third-order valence-corrected chi connectivity index (χ3v) is 4.81. The lowest BCUT2D eigenvalue weighted by Crippen LogP contribution is -1.92. The van der Waals surface area contributed by atoms with E-state index < -0.39 is 0 Å². The molecule has 0 heterocycles. The number of nitrogen functional groups attached to an aromatic ring is 1. The highest BCUT2D eigenvalue weighted by atomic mass is 16.3.